The molecule has 1 saturated heterocycles. The summed E-state index contributed by atoms with van der Waals surface area (Å²) >= 11 is 1.16. The zero-order valence-electron chi connectivity index (χ0n) is 10.4. The molecular weight excluding hydrogens is 285 g/mol. The van der Waals surface area contributed by atoms with Crippen LogP contribution in [0.15, 0.2) is 40.3 Å². The number of alkyl halides is 1. The topological polar surface area (TPSA) is 98.5 Å². The molecule has 1 aliphatic heterocycles. The minimum Gasteiger partial charge on any atom is -0.387 e. The van der Waals surface area contributed by atoms with Gasteiger partial charge in [0.05, 0.1) is 12.6 Å². The molecule has 0 aromatic heterocycles. The first-order valence-corrected chi connectivity index (χ1v) is 6.89. The van der Waals surface area contributed by atoms with E-state index in [9.17, 15) is 14.6 Å². The molecule has 1 aromatic rings. The Morgan fingerprint density at radius 3 is 2.65 bits per heavy atom. The van der Waals surface area contributed by atoms with Crippen LogP contribution in [0.4, 0.5) is 4.39 Å². The van der Waals surface area contributed by atoms with Gasteiger partial charge < -0.3 is 14.9 Å². The summed E-state index contributed by atoms with van der Waals surface area (Å²) in [5.74, 6) is 0. The van der Waals surface area contributed by atoms with Gasteiger partial charge in [-0.2, -0.15) is 0 Å². The highest BCUT2D eigenvalue weighted by Crippen LogP contribution is 2.34. The third-order valence-electron chi connectivity index (χ3n) is 2.94. The van der Waals surface area contributed by atoms with Gasteiger partial charge in [0, 0.05) is 9.81 Å². The molecule has 0 unspecified atom stereocenters. The smallest absolute Gasteiger partial charge is 0.158 e. The van der Waals surface area contributed by atoms with Crippen LogP contribution in [0.2, 0.25) is 0 Å². The number of aliphatic hydroxyl groups excluding tert-OH is 2. The van der Waals surface area contributed by atoms with Crippen LogP contribution in [-0.2, 0) is 4.74 Å². The van der Waals surface area contributed by atoms with Crippen LogP contribution in [0.5, 0.6) is 0 Å². The van der Waals surface area contributed by atoms with E-state index in [0.717, 1.165) is 16.7 Å². The second-order valence-corrected chi connectivity index (χ2v) is 5.48. The molecule has 1 aliphatic rings. The Morgan fingerprint density at radius 1 is 1.30 bits per heavy atom. The average molecular weight is 299 g/mol. The lowest BCUT2D eigenvalue weighted by atomic mass is 10.0. The van der Waals surface area contributed by atoms with Gasteiger partial charge in [-0.1, -0.05) is 35.1 Å². The van der Waals surface area contributed by atoms with Gasteiger partial charge in [-0.3, -0.25) is 0 Å². The number of nitrogens with zero attached hydrogens (tertiary/aromatic N) is 3. The molecule has 0 saturated carbocycles. The maximum Gasteiger partial charge on any atom is 0.158 e. The van der Waals surface area contributed by atoms with Crippen molar-refractivity contribution in [2.45, 2.75) is 34.8 Å². The van der Waals surface area contributed by atoms with E-state index in [4.69, 9.17) is 10.3 Å². The van der Waals surface area contributed by atoms with E-state index in [-0.39, 0.29) is 6.54 Å². The van der Waals surface area contributed by atoms with E-state index in [0.29, 0.717) is 0 Å². The van der Waals surface area contributed by atoms with Crippen LogP contribution >= 0.6 is 11.8 Å². The molecule has 2 N–H and O–H groups in total. The molecule has 6 nitrogen and oxygen atoms in total. The van der Waals surface area contributed by atoms with E-state index < -0.39 is 29.9 Å². The van der Waals surface area contributed by atoms with Crippen LogP contribution in [0, 0.1) is 0 Å². The first-order valence-electron chi connectivity index (χ1n) is 6.01. The van der Waals surface area contributed by atoms with Crippen LogP contribution in [0.25, 0.3) is 10.4 Å². The zero-order chi connectivity index (χ0) is 14.5. The molecule has 0 spiro atoms. The van der Waals surface area contributed by atoms with Gasteiger partial charge in [-0.25, -0.2) is 4.39 Å². The summed E-state index contributed by atoms with van der Waals surface area (Å²) in [6.45, 7) is -0.184. The largest absolute Gasteiger partial charge is 0.387 e. The Hall–Kier alpha value is -1.31. The maximum absolute atomic E-state index is 13.9. The fraction of sp³-hybridized carbons (Fsp3) is 0.500. The number of aliphatic hydroxyl groups is 2. The van der Waals surface area contributed by atoms with Gasteiger partial charge in [0.25, 0.3) is 0 Å². The fourth-order valence-electron chi connectivity index (χ4n) is 1.89. The molecule has 0 radical (unpaired) electrons. The van der Waals surface area contributed by atoms with Crippen molar-refractivity contribution in [1.29, 1.82) is 0 Å². The minimum absolute atomic E-state index is 0.184. The standard InChI is InChI=1S/C12H14FN3O3S/c13-9-10(17)8(6-15-16-14)19-12(11(9)18)20-7-4-2-1-3-5-7/h1-5,8-12,17-18H,6H2/t8-,9+,10-,11-,12+/m1/s1. The van der Waals surface area contributed by atoms with Crippen molar-refractivity contribution in [3.63, 3.8) is 0 Å². The van der Waals surface area contributed by atoms with Gasteiger partial charge in [-0.05, 0) is 17.7 Å². The number of benzene rings is 1. The lowest BCUT2D eigenvalue weighted by Gasteiger charge is -2.38. The predicted molar refractivity (Wildman–Crippen MR) is 71.9 cm³/mol. The molecular formula is C12H14FN3O3S. The molecule has 1 fully saturated rings. The van der Waals surface area contributed by atoms with E-state index in [1.165, 1.54) is 0 Å². The minimum atomic E-state index is -1.84. The summed E-state index contributed by atoms with van der Waals surface area (Å²) in [6.07, 6.45) is -5.77. The molecule has 5 atom stereocenters. The highest BCUT2D eigenvalue weighted by Gasteiger charge is 2.44. The first kappa shape index (κ1) is 15.1. The van der Waals surface area contributed by atoms with Crippen molar-refractivity contribution in [3.05, 3.63) is 40.8 Å². The molecule has 1 heterocycles. The number of thioether (sulfide) groups is 1. The molecule has 108 valence electrons. The van der Waals surface area contributed by atoms with E-state index in [2.05, 4.69) is 10.0 Å². The Balaban J connectivity index is 2.09. The van der Waals surface area contributed by atoms with Gasteiger partial charge in [0.15, 0.2) is 6.17 Å². The summed E-state index contributed by atoms with van der Waals surface area (Å²) < 4.78 is 19.3. The van der Waals surface area contributed by atoms with Crippen LogP contribution in [0.3, 0.4) is 0 Å². The van der Waals surface area contributed by atoms with E-state index in [1.807, 2.05) is 30.3 Å². The van der Waals surface area contributed by atoms with Crippen molar-refractivity contribution in [3.8, 4) is 0 Å². The van der Waals surface area contributed by atoms with E-state index >= 15 is 0 Å². The summed E-state index contributed by atoms with van der Waals surface area (Å²) in [4.78, 5) is 3.37. The van der Waals surface area contributed by atoms with Crippen molar-refractivity contribution in [2.24, 2.45) is 5.11 Å². The number of ether oxygens (including phenoxy) is 1. The fourth-order valence-corrected chi connectivity index (χ4v) is 2.96. The average Bonchev–Trinajstić information content (AvgIpc) is 2.48. The van der Waals surface area contributed by atoms with Crippen LogP contribution in [-0.4, -0.2) is 46.7 Å². The van der Waals surface area contributed by atoms with Crippen molar-refractivity contribution in [2.75, 3.05) is 6.54 Å². The van der Waals surface area contributed by atoms with Crippen molar-refractivity contribution in [1.82, 2.24) is 0 Å². The number of azide groups is 1. The zero-order valence-corrected chi connectivity index (χ0v) is 11.2. The summed E-state index contributed by atoms with van der Waals surface area (Å²) in [5, 5.41) is 22.8. The summed E-state index contributed by atoms with van der Waals surface area (Å²) in [6, 6.07) is 9.09. The monoisotopic (exact) mass is 299 g/mol. The Bertz CT molecular complexity index is 486. The summed E-state index contributed by atoms with van der Waals surface area (Å²) in [7, 11) is 0. The van der Waals surface area contributed by atoms with Gasteiger partial charge in [0.2, 0.25) is 0 Å². The third kappa shape index (κ3) is 3.41. The molecule has 0 bridgehead atoms. The molecule has 2 rings (SSSR count). The Labute approximate surface area is 119 Å². The second kappa shape index (κ2) is 6.92. The molecule has 0 amide bonds. The second-order valence-electron chi connectivity index (χ2n) is 4.31. The molecule has 0 aliphatic carbocycles. The molecule has 20 heavy (non-hydrogen) atoms. The molecule has 8 heteroatoms. The lowest BCUT2D eigenvalue weighted by Crippen LogP contribution is -2.55. The maximum atomic E-state index is 13.9. The quantitative estimate of drug-likeness (QED) is 0.503. The Kier molecular flexibility index (Phi) is 5.22. The normalized spacial score (nSPS) is 33.5. The van der Waals surface area contributed by atoms with Gasteiger partial charge >= 0.3 is 0 Å². The first-order chi connectivity index (χ1) is 9.63. The van der Waals surface area contributed by atoms with Crippen LogP contribution in [0.1, 0.15) is 0 Å². The van der Waals surface area contributed by atoms with Gasteiger partial charge in [0.1, 0.15) is 17.6 Å². The van der Waals surface area contributed by atoms with E-state index in [1.54, 1.807) is 0 Å². The van der Waals surface area contributed by atoms with Gasteiger partial charge in [-0.15, -0.1) is 0 Å². The SMILES string of the molecule is [N-]=[N+]=NC[C@H]1O[C@@H](Sc2ccccc2)[C@H](O)[C@@H](F)[C@@H]1O. The summed E-state index contributed by atoms with van der Waals surface area (Å²) in [5.41, 5.74) is 7.41. The van der Waals surface area contributed by atoms with Crippen molar-refractivity contribution < 1.29 is 19.3 Å². The third-order valence-corrected chi connectivity index (χ3v) is 4.11. The highest BCUT2D eigenvalue weighted by atomic mass is 32.2. The molecule has 1 aromatic carbocycles. The predicted octanol–water partition coefficient (Wildman–Crippen LogP) is 1.87. The highest BCUT2D eigenvalue weighted by molar-refractivity contribution is 7.99. The number of hydrogen-bond donors (Lipinski definition) is 2. The Morgan fingerprint density at radius 2 is 2.00 bits per heavy atom. The number of hydrogen-bond acceptors (Lipinski definition) is 5. The lowest BCUT2D eigenvalue weighted by molar-refractivity contribution is -0.173. The number of halogens is 1. The van der Waals surface area contributed by atoms with Crippen molar-refractivity contribution >= 4 is 11.8 Å². The van der Waals surface area contributed by atoms with Crippen LogP contribution < -0.4 is 0 Å². The number of rotatable bonds is 4.